The summed E-state index contributed by atoms with van der Waals surface area (Å²) in [6.45, 7) is 5.50. The van der Waals surface area contributed by atoms with Crippen molar-refractivity contribution in [2.24, 2.45) is 5.92 Å². The lowest BCUT2D eigenvalue weighted by Gasteiger charge is -2.10. The molecule has 1 rings (SSSR count). The number of aryl methyl sites for hydroxylation is 1. The Balaban J connectivity index is 2.82. The fourth-order valence-corrected chi connectivity index (χ4v) is 1.72. The highest BCUT2D eigenvalue weighted by Gasteiger charge is 2.19. The first-order chi connectivity index (χ1) is 7.97. The third-order valence-electron chi connectivity index (χ3n) is 2.72. The van der Waals surface area contributed by atoms with E-state index in [2.05, 4.69) is 10.3 Å². The van der Waals surface area contributed by atoms with Gasteiger partial charge in [0.15, 0.2) is 0 Å². The summed E-state index contributed by atoms with van der Waals surface area (Å²) in [6, 6.07) is 0. The highest BCUT2D eigenvalue weighted by Crippen LogP contribution is 2.20. The van der Waals surface area contributed by atoms with E-state index >= 15 is 0 Å². The summed E-state index contributed by atoms with van der Waals surface area (Å²) in [5, 5.41) is 11.7. The SMILES string of the molecule is CCCC(C)C(=O)Nc1c[nH]c(C)c1C(=O)O. The fraction of sp³-hybridized carbons (Fsp3) is 0.500. The van der Waals surface area contributed by atoms with Crippen LogP contribution in [0.2, 0.25) is 0 Å². The van der Waals surface area contributed by atoms with Gasteiger partial charge in [-0.25, -0.2) is 4.79 Å². The predicted molar refractivity (Wildman–Crippen MR) is 65.2 cm³/mol. The molecule has 0 spiro atoms. The maximum atomic E-state index is 11.8. The van der Waals surface area contributed by atoms with E-state index < -0.39 is 5.97 Å². The number of carboxylic acids is 1. The number of anilines is 1. The number of aromatic amines is 1. The van der Waals surface area contributed by atoms with Gasteiger partial charge >= 0.3 is 5.97 Å². The van der Waals surface area contributed by atoms with Gasteiger partial charge in [-0.2, -0.15) is 0 Å². The third-order valence-corrected chi connectivity index (χ3v) is 2.72. The number of rotatable bonds is 5. The molecule has 0 saturated carbocycles. The highest BCUT2D eigenvalue weighted by atomic mass is 16.4. The zero-order valence-corrected chi connectivity index (χ0v) is 10.3. The second-order valence-corrected chi connectivity index (χ2v) is 4.19. The summed E-state index contributed by atoms with van der Waals surface area (Å²) in [6.07, 6.45) is 3.22. The van der Waals surface area contributed by atoms with Crippen LogP contribution in [0.3, 0.4) is 0 Å². The van der Waals surface area contributed by atoms with Gasteiger partial charge in [0.05, 0.1) is 5.69 Å². The van der Waals surface area contributed by atoms with Crippen LogP contribution in [0, 0.1) is 12.8 Å². The van der Waals surface area contributed by atoms with E-state index in [9.17, 15) is 9.59 Å². The maximum absolute atomic E-state index is 11.8. The zero-order chi connectivity index (χ0) is 13.0. The molecule has 1 heterocycles. The van der Waals surface area contributed by atoms with Crippen molar-refractivity contribution in [3.05, 3.63) is 17.5 Å². The molecule has 0 aromatic carbocycles. The van der Waals surface area contributed by atoms with E-state index in [0.29, 0.717) is 11.4 Å². The Morgan fingerprint density at radius 3 is 2.71 bits per heavy atom. The van der Waals surface area contributed by atoms with Crippen molar-refractivity contribution in [2.45, 2.75) is 33.6 Å². The van der Waals surface area contributed by atoms with E-state index in [1.54, 1.807) is 6.92 Å². The van der Waals surface area contributed by atoms with E-state index in [0.717, 1.165) is 12.8 Å². The van der Waals surface area contributed by atoms with Gasteiger partial charge in [0, 0.05) is 17.8 Å². The molecule has 0 fully saturated rings. The Morgan fingerprint density at radius 1 is 1.53 bits per heavy atom. The highest BCUT2D eigenvalue weighted by molar-refractivity contribution is 6.01. The number of nitrogens with one attached hydrogen (secondary N) is 2. The van der Waals surface area contributed by atoms with Crippen molar-refractivity contribution in [3.63, 3.8) is 0 Å². The zero-order valence-electron chi connectivity index (χ0n) is 10.3. The van der Waals surface area contributed by atoms with Crippen LogP contribution in [0.1, 0.15) is 42.7 Å². The fourth-order valence-electron chi connectivity index (χ4n) is 1.72. The monoisotopic (exact) mass is 238 g/mol. The lowest BCUT2D eigenvalue weighted by molar-refractivity contribution is -0.119. The van der Waals surface area contributed by atoms with Gasteiger partial charge in [0.2, 0.25) is 5.91 Å². The normalized spacial score (nSPS) is 12.2. The number of aromatic carboxylic acids is 1. The van der Waals surface area contributed by atoms with Gasteiger partial charge in [-0.1, -0.05) is 20.3 Å². The Hall–Kier alpha value is -1.78. The van der Waals surface area contributed by atoms with E-state index in [1.807, 2.05) is 13.8 Å². The minimum absolute atomic E-state index is 0.114. The molecule has 3 N–H and O–H groups in total. The lowest BCUT2D eigenvalue weighted by atomic mass is 10.1. The molecule has 1 aromatic heterocycles. The Bertz CT molecular complexity index is 423. The molecular weight excluding hydrogens is 220 g/mol. The van der Waals surface area contributed by atoms with Crippen LogP contribution in [0.25, 0.3) is 0 Å². The summed E-state index contributed by atoms with van der Waals surface area (Å²) in [5.41, 5.74) is 1.00. The quantitative estimate of drug-likeness (QED) is 0.736. The van der Waals surface area contributed by atoms with Gasteiger partial charge in [-0.05, 0) is 13.3 Å². The molecule has 1 unspecified atom stereocenters. The molecule has 0 bridgehead atoms. The Morgan fingerprint density at radius 2 is 2.18 bits per heavy atom. The first-order valence-corrected chi connectivity index (χ1v) is 5.69. The second kappa shape index (κ2) is 5.52. The molecule has 17 heavy (non-hydrogen) atoms. The van der Waals surface area contributed by atoms with Crippen LogP contribution in [0.15, 0.2) is 6.20 Å². The van der Waals surface area contributed by atoms with Gasteiger partial charge in [-0.3, -0.25) is 4.79 Å². The number of amides is 1. The molecular formula is C12H18N2O3. The molecule has 0 radical (unpaired) electrons. The Labute approximate surface area is 100 Å². The number of H-pyrrole nitrogens is 1. The number of aromatic nitrogens is 1. The molecule has 5 nitrogen and oxygen atoms in total. The number of hydrogen-bond donors (Lipinski definition) is 3. The van der Waals surface area contributed by atoms with Crippen molar-refractivity contribution in [3.8, 4) is 0 Å². The number of carbonyl (C=O) groups excluding carboxylic acids is 1. The number of carboxylic acid groups (broad SMARTS) is 1. The first-order valence-electron chi connectivity index (χ1n) is 5.69. The van der Waals surface area contributed by atoms with E-state index in [4.69, 9.17) is 5.11 Å². The van der Waals surface area contributed by atoms with Crippen LogP contribution in [0.4, 0.5) is 5.69 Å². The maximum Gasteiger partial charge on any atom is 0.339 e. The minimum Gasteiger partial charge on any atom is -0.478 e. The van der Waals surface area contributed by atoms with Gasteiger partial charge in [0.1, 0.15) is 5.56 Å². The van der Waals surface area contributed by atoms with Crippen LogP contribution in [0.5, 0.6) is 0 Å². The summed E-state index contributed by atoms with van der Waals surface area (Å²) >= 11 is 0. The second-order valence-electron chi connectivity index (χ2n) is 4.19. The standard InChI is InChI=1S/C12H18N2O3/c1-4-5-7(2)11(15)14-9-6-13-8(3)10(9)12(16)17/h6-7,13H,4-5H2,1-3H3,(H,14,15)(H,16,17). The molecule has 1 aromatic rings. The van der Waals surface area contributed by atoms with Crippen molar-refractivity contribution in [1.82, 2.24) is 4.98 Å². The summed E-state index contributed by atoms with van der Waals surface area (Å²) in [5.74, 6) is -1.30. The van der Waals surface area contributed by atoms with Crippen LogP contribution in [-0.2, 0) is 4.79 Å². The summed E-state index contributed by atoms with van der Waals surface area (Å²) in [7, 11) is 0. The number of hydrogen-bond acceptors (Lipinski definition) is 2. The Kier molecular flexibility index (Phi) is 4.31. The van der Waals surface area contributed by atoms with Gasteiger partial charge < -0.3 is 15.4 Å². The average Bonchev–Trinajstić information content (AvgIpc) is 2.60. The largest absolute Gasteiger partial charge is 0.478 e. The van der Waals surface area contributed by atoms with Crippen molar-refractivity contribution in [2.75, 3.05) is 5.32 Å². The molecule has 0 aliphatic carbocycles. The topological polar surface area (TPSA) is 82.2 Å². The van der Waals surface area contributed by atoms with Crippen molar-refractivity contribution >= 4 is 17.6 Å². The van der Waals surface area contributed by atoms with Gasteiger partial charge in [0.25, 0.3) is 0 Å². The van der Waals surface area contributed by atoms with Crippen LogP contribution in [-0.4, -0.2) is 22.0 Å². The van der Waals surface area contributed by atoms with E-state index in [1.165, 1.54) is 6.20 Å². The molecule has 1 atom stereocenters. The van der Waals surface area contributed by atoms with E-state index in [-0.39, 0.29) is 17.4 Å². The van der Waals surface area contributed by atoms with Crippen molar-refractivity contribution < 1.29 is 14.7 Å². The molecule has 0 aliphatic rings. The molecule has 1 amide bonds. The average molecular weight is 238 g/mol. The third kappa shape index (κ3) is 3.09. The number of carbonyl (C=O) groups is 2. The molecule has 94 valence electrons. The van der Waals surface area contributed by atoms with Crippen LogP contribution >= 0.6 is 0 Å². The lowest BCUT2D eigenvalue weighted by Crippen LogP contribution is -2.21. The molecule has 0 aliphatic heterocycles. The summed E-state index contributed by atoms with van der Waals surface area (Å²) < 4.78 is 0. The minimum atomic E-state index is -1.04. The smallest absolute Gasteiger partial charge is 0.339 e. The molecule has 0 saturated heterocycles. The van der Waals surface area contributed by atoms with Crippen LogP contribution < -0.4 is 5.32 Å². The summed E-state index contributed by atoms with van der Waals surface area (Å²) in [4.78, 5) is 25.6. The first kappa shape index (κ1) is 13.3. The molecule has 5 heteroatoms. The van der Waals surface area contributed by atoms with Crippen molar-refractivity contribution in [1.29, 1.82) is 0 Å². The predicted octanol–water partition coefficient (Wildman–Crippen LogP) is 2.40. The van der Waals surface area contributed by atoms with Gasteiger partial charge in [-0.15, -0.1) is 0 Å².